The van der Waals surface area contributed by atoms with E-state index in [2.05, 4.69) is 20.9 Å². The number of anilines is 5. The topological polar surface area (TPSA) is 126 Å². The molecule has 0 unspecified atom stereocenters. The summed E-state index contributed by atoms with van der Waals surface area (Å²) in [6.45, 7) is 0.390. The number of carbonyl (C=O) groups is 1. The van der Waals surface area contributed by atoms with Gasteiger partial charge < -0.3 is 21.7 Å². The fraction of sp³-hybridized carbons (Fsp3) is 0.0769. The van der Waals surface area contributed by atoms with E-state index < -0.39 is 28.5 Å². The predicted molar refractivity (Wildman–Crippen MR) is 142 cm³/mol. The number of pyridine rings is 1. The van der Waals surface area contributed by atoms with Crippen LogP contribution in [0.5, 0.6) is 0 Å². The summed E-state index contributed by atoms with van der Waals surface area (Å²) in [5.41, 5.74) is 3.88. The van der Waals surface area contributed by atoms with Crippen molar-refractivity contribution in [2.24, 2.45) is 0 Å². The Morgan fingerprint density at radius 1 is 1.00 bits per heavy atom. The van der Waals surface area contributed by atoms with Gasteiger partial charge in [-0.15, -0.1) is 11.3 Å². The van der Waals surface area contributed by atoms with E-state index in [9.17, 15) is 27.6 Å². The average Bonchev–Trinajstić information content (AvgIpc) is 3.38. The van der Waals surface area contributed by atoms with Crippen molar-refractivity contribution >= 4 is 56.6 Å². The maximum Gasteiger partial charge on any atom is 0.416 e. The molecule has 0 radical (unpaired) electrons. The number of alkyl halides is 3. The molecule has 0 spiro atoms. The first kappa shape index (κ1) is 25.0. The molecule has 0 aliphatic heterocycles. The van der Waals surface area contributed by atoms with Crippen LogP contribution in [0.4, 0.5) is 41.6 Å². The molecule has 0 saturated heterocycles. The van der Waals surface area contributed by atoms with Crippen LogP contribution in [0.2, 0.25) is 0 Å². The molecule has 2 heterocycles. The summed E-state index contributed by atoms with van der Waals surface area (Å²) in [4.78, 5) is 40.7. The van der Waals surface area contributed by atoms with E-state index in [4.69, 9.17) is 5.73 Å². The lowest BCUT2D eigenvalue weighted by Crippen LogP contribution is -2.36. The number of rotatable bonds is 7. The number of para-hydroxylation sites is 1. The molecule has 0 aliphatic carbocycles. The van der Waals surface area contributed by atoms with Gasteiger partial charge in [-0.1, -0.05) is 18.2 Å². The smallest absolute Gasteiger partial charge is 0.394 e. The number of fused-ring (bicyclic) bond motifs is 1. The maximum atomic E-state index is 13.5. The Bertz CT molecular complexity index is 1750. The zero-order valence-corrected chi connectivity index (χ0v) is 20.2. The zero-order valence-electron chi connectivity index (χ0n) is 19.3. The first-order valence-electron chi connectivity index (χ1n) is 11.2. The highest BCUT2D eigenvalue weighted by Gasteiger charge is 2.32. The van der Waals surface area contributed by atoms with Crippen LogP contribution < -0.4 is 32.5 Å². The van der Waals surface area contributed by atoms with Gasteiger partial charge in [0, 0.05) is 29.5 Å². The number of aromatic nitrogens is 1. The minimum absolute atomic E-state index is 0.163. The van der Waals surface area contributed by atoms with Crippen molar-refractivity contribution in [2.45, 2.75) is 12.7 Å². The van der Waals surface area contributed by atoms with Gasteiger partial charge >= 0.3 is 6.18 Å². The highest BCUT2D eigenvalue weighted by molar-refractivity contribution is 7.12. The summed E-state index contributed by atoms with van der Waals surface area (Å²) < 4.78 is 40.6. The molecule has 8 nitrogen and oxygen atoms in total. The number of carbonyl (C=O) groups excluding carboxylic acids is 1. The molecule has 5 aromatic rings. The third-order valence-electron chi connectivity index (χ3n) is 5.81. The van der Waals surface area contributed by atoms with Gasteiger partial charge in [-0.2, -0.15) is 13.2 Å². The summed E-state index contributed by atoms with van der Waals surface area (Å²) in [7, 11) is 0. The Labute approximate surface area is 216 Å². The number of hydrogen-bond acceptors (Lipinski definition) is 8. The summed E-state index contributed by atoms with van der Waals surface area (Å²) >= 11 is 1.12. The quantitative estimate of drug-likeness (QED) is 0.213. The maximum absolute atomic E-state index is 13.5. The molecule has 0 aliphatic rings. The van der Waals surface area contributed by atoms with Gasteiger partial charge in [0.15, 0.2) is 0 Å². The predicted octanol–water partition coefficient (Wildman–Crippen LogP) is 5.10. The van der Waals surface area contributed by atoms with E-state index in [1.54, 1.807) is 17.6 Å². The lowest BCUT2D eigenvalue weighted by atomic mass is 10.1. The summed E-state index contributed by atoms with van der Waals surface area (Å²) in [5.74, 6) is -0.624. The molecule has 192 valence electrons. The average molecular weight is 538 g/mol. The standard InChI is InChI=1S/C26H18F3N5O3S/c27-26(28,29)14-9-15(33-21-20(30)22(35)23(21)36)11-16(10-14)34-25(37)24-19(6-8-38-24)32-12-13-5-7-31-18-4-2-1-3-17(13)18/h1-11,32-33H,12,30H2,(H,34,37). The van der Waals surface area contributed by atoms with E-state index in [0.29, 0.717) is 12.2 Å². The molecule has 2 aromatic heterocycles. The van der Waals surface area contributed by atoms with E-state index in [1.807, 2.05) is 30.3 Å². The van der Waals surface area contributed by atoms with Crippen LogP contribution in [0.25, 0.3) is 10.9 Å². The number of benzene rings is 2. The third-order valence-corrected chi connectivity index (χ3v) is 6.73. The van der Waals surface area contributed by atoms with E-state index in [1.165, 1.54) is 6.07 Å². The summed E-state index contributed by atoms with van der Waals surface area (Å²) in [6, 6.07) is 13.9. The van der Waals surface area contributed by atoms with Gasteiger partial charge in [0.05, 0.1) is 16.8 Å². The molecule has 5 N–H and O–H groups in total. The number of nitrogens with two attached hydrogens (primary N) is 1. The highest BCUT2D eigenvalue weighted by Crippen LogP contribution is 2.35. The fourth-order valence-electron chi connectivity index (χ4n) is 3.93. The second-order valence-electron chi connectivity index (χ2n) is 8.33. The number of nitrogens with zero attached hydrogens (tertiary/aromatic N) is 1. The van der Waals surface area contributed by atoms with Crippen molar-refractivity contribution in [3.63, 3.8) is 0 Å². The van der Waals surface area contributed by atoms with Crippen molar-refractivity contribution in [1.29, 1.82) is 0 Å². The minimum atomic E-state index is -4.74. The lowest BCUT2D eigenvalue weighted by Gasteiger charge is -2.16. The van der Waals surface area contributed by atoms with Crippen molar-refractivity contribution in [3.8, 4) is 0 Å². The third kappa shape index (κ3) is 4.81. The van der Waals surface area contributed by atoms with Crippen LogP contribution in [0, 0.1) is 0 Å². The van der Waals surface area contributed by atoms with Crippen molar-refractivity contribution < 1.29 is 18.0 Å². The molecule has 0 atom stereocenters. The number of halogens is 3. The number of nitrogens with one attached hydrogen (secondary N) is 3. The Morgan fingerprint density at radius 2 is 1.76 bits per heavy atom. The van der Waals surface area contributed by atoms with Gasteiger partial charge in [-0.3, -0.25) is 19.4 Å². The largest absolute Gasteiger partial charge is 0.416 e. The Hall–Kier alpha value is -4.71. The van der Waals surface area contributed by atoms with Crippen LogP contribution in [-0.2, 0) is 12.7 Å². The number of thiophene rings is 1. The molecule has 1 amide bonds. The minimum Gasteiger partial charge on any atom is -0.394 e. The fourth-order valence-corrected chi connectivity index (χ4v) is 4.69. The van der Waals surface area contributed by atoms with Crippen molar-refractivity contribution in [3.05, 3.63) is 103 Å². The number of nitrogen functional groups attached to an aromatic ring is 1. The van der Waals surface area contributed by atoms with E-state index >= 15 is 0 Å². The molecule has 0 fully saturated rings. The van der Waals surface area contributed by atoms with Crippen LogP contribution in [-0.4, -0.2) is 10.9 Å². The zero-order chi connectivity index (χ0) is 27.0. The molecule has 0 saturated carbocycles. The van der Waals surface area contributed by atoms with Gasteiger partial charge in [-0.25, -0.2) is 0 Å². The first-order chi connectivity index (χ1) is 18.1. The Morgan fingerprint density at radius 3 is 2.53 bits per heavy atom. The van der Waals surface area contributed by atoms with Crippen LogP contribution in [0.3, 0.4) is 0 Å². The van der Waals surface area contributed by atoms with E-state index in [0.717, 1.165) is 39.9 Å². The van der Waals surface area contributed by atoms with E-state index in [-0.39, 0.29) is 27.6 Å². The molecule has 0 bridgehead atoms. The highest BCUT2D eigenvalue weighted by atomic mass is 32.1. The van der Waals surface area contributed by atoms with Gasteiger partial charge in [0.25, 0.3) is 16.8 Å². The summed E-state index contributed by atoms with van der Waals surface area (Å²) in [5, 5.41) is 10.8. The monoisotopic (exact) mass is 537 g/mol. The van der Waals surface area contributed by atoms with Crippen LogP contribution in [0.15, 0.2) is 75.8 Å². The lowest BCUT2D eigenvalue weighted by molar-refractivity contribution is -0.137. The number of amides is 1. The van der Waals surface area contributed by atoms with Crippen LogP contribution >= 0.6 is 11.3 Å². The van der Waals surface area contributed by atoms with Crippen LogP contribution in [0.1, 0.15) is 20.8 Å². The molecule has 3 aromatic carbocycles. The molecular weight excluding hydrogens is 519 g/mol. The second kappa shape index (κ2) is 9.63. The molecular formula is C26H18F3N5O3S. The second-order valence-corrected chi connectivity index (χ2v) is 9.24. The Balaban J connectivity index is 1.37. The molecule has 5 rings (SSSR count). The van der Waals surface area contributed by atoms with Crippen molar-refractivity contribution in [1.82, 2.24) is 4.98 Å². The number of hydrogen-bond donors (Lipinski definition) is 4. The van der Waals surface area contributed by atoms with Gasteiger partial charge in [-0.05, 0) is 47.3 Å². The van der Waals surface area contributed by atoms with Gasteiger partial charge in [0.2, 0.25) is 0 Å². The Kier molecular flexibility index (Phi) is 6.33. The normalized spacial score (nSPS) is 11.6. The molecule has 12 heteroatoms. The van der Waals surface area contributed by atoms with Gasteiger partial charge in [0.1, 0.15) is 16.3 Å². The summed E-state index contributed by atoms with van der Waals surface area (Å²) in [6.07, 6.45) is -3.05. The first-order valence-corrected chi connectivity index (χ1v) is 12.0. The van der Waals surface area contributed by atoms with Crippen molar-refractivity contribution in [2.75, 3.05) is 21.7 Å². The molecule has 38 heavy (non-hydrogen) atoms. The SMILES string of the molecule is Nc1c(Nc2cc(NC(=O)c3sccc3NCc3ccnc4ccccc34)cc(C(F)(F)F)c2)c(=O)c1=O.